The van der Waals surface area contributed by atoms with Crippen molar-refractivity contribution in [2.45, 2.75) is 89.8 Å². The second-order valence-corrected chi connectivity index (χ2v) is 20.6. The summed E-state index contributed by atoms with van der Waals surface area (Å²) in [6, 6.07) is 17.1. The van der Waals surface area contributed by atoms with Crippen LogP contribution in [0.5, 0.6) is 0 Å². The number of nitrogens with one attached hydrogen (secondary N) is 5. The number of para-hydroxylation sites is 2. The van der Waals surface area contributed by atoms with Gasteiger partial charge in [0, 0.05) is 110 Å². The first kappa shape index (κ1) is 47.1. The van der Waals surface area contributed by atoms with Crippen LogP contribution < -0.4 is 16.0 Å². The Morgan fingerprint density at radius 2 is 1.10 bits per heavy atom. The van der Waals surface area contributed by atoms with Crippen molar-refractivity contribution in [2.24, 2.45) is 11.8 Å². The molecule has 356 valence electrons. The van der Waals surface area contributed by atoms with Crippen LogP contribution in [0, 0.1) is 11.8 Å². The third-order valence-electron chi connectivity index (χ3n) is 13.8. The molecule has 0 spiro atoms. The van der Waals surface area contributed by atoms with Crippen molar-refractivity contribution in [1.29, 1.82) is 0 Å². The molecule has 14 nitrogen and oxygen atoms in total. The van der Waals surface area contributed by atoms with Crippen LogP contribution in [0.15, 0.2) is 73.3 Å². The summed E-state index contributed by atoms with van der Waals surface area (Å²) in [5.41, 5.74) is 5.21. The maximum absolute atomic E-state index is 12.3. The number of carbonyl (C=O) groups excluding carboxylic acids is 1. The van der Waals surface area contributed by atoms with Crippen LogP contribution in [0.1, 0.15) is 72.1 Å². The third-order valence-corrected chi connectivity index (χ3v) is 14.3. The number of aromatic amines is 2. The molecule has 8 heterocycles. The molecule has 2 aromatic carbocycles. The maximum atomic E-state index is 12.3. The normalized spacial score (nSPS) is 18.8. The van der Waals surface area contributed by atoms with Gasteiger partial charge in [0.05, 0.1) is 33.8 Å². The zero-order chi connectivity index (χ0) is 46.3. The number of likely N-dealkylation sites (tertiary alicyclic amines) is 3. The number of fused-ring (bicyclic) bond motifs is 2. The largest absolute Gasteiger partial charge is 0.444 e. The van der Waals surface area contributed by atoms with E-state index in [1.54, 1.807) is 12.4 Å². The van der Waals surface area contributed by atoms with Gasteiger partial charge in [0.1, 0.15) is 5.60 Å². The fraction of sp³-hybridized carbons (Fsp3) is 0.510. The van der Waals surface area contributed by atoms with Crippen molar-refractivity contribution < 1.29 is 9.53 Å². The zero-order valence-corrected chi connectivity index (χ0v) is 40.7. The Hall–Kier alpha value is -4.99. The molecule has 4 aromatic heterocycles. The first-order chi connectivity index (χ1) is 32.5. The molecule has 6 aromatic rings. The highest BCUT2D eigenvalue weighted by Crippen LogP contribution is 2.34. The Morgan fingerprint density at radius 1 is 0.657 bits per heavy atom. The molecule has 0 unspecified atom stereocenters. The van der Waals surface area contributed by atoms with Crippen LogP contribution in [0.3, 0.4) is 0 Å². The Bertz CT molecular complexity index is 2560. The zero-order valence-electron chi connectivity index (χ0n) is 39.2. The molecule has 0 bridgehead atoms. The molecule has 1 amide bonds. The predicted octanol–water partition coefficient (Wildman–Crippen LogP) is 9.96. The summed E-state index contributed by atoms with van der Waals surface area (Å²) in [6.07, 6.45) is 16.2. The topological polar surface area (TPSA) is 155 Å². The molecule has 4 aliphatic heterocycles. The Balaban J connectivity index is 0.000000171. The van der Waals surface area contributed by atoms with Crippen molar-refractivity contribution in [1.82, 2.24) is 49.9 Å². The number of hydrogen-bond acceptors (Lipinski definition) is 11. The molecule has 4 fully saturated rings. The number of hydrogen-bond donors (Lipinski definition) is 5. The van der Waals surface area contributed by atoms with E-state index in [9.17, 15) is 4.79 Å². The van der Waals surface area contributed by atoms with E-state index in [-0.39, 0.29) is 6.09 Å². The van der Waals surface area contributed by atoms with Crippen LogP contribution in [0.25, 0.3) is 44.3 Å². The number of nitrogens with zero attached hydrogens (tertiary/aromatic N) is 7. The number of aromatic nitrogens is 6. The van der Waals surface area contributed by atoms with Crippen molar-refractivity contribution in [3.63, 3.8) is 0 Å². The van der Waals surface area contributed by atoms with Gasteiger partial charge in [0.15, 0.2) is 0 Å². The molecule has 16 heteroatoms. The molecule has 67 heavy (non-hydrogen) atoms. The number of amides is 1. The molecular weight excluding hydrogens is 884 g/mol. The fourth-order valence-electron chi connectivity index (χ4n) is 10.1. The lowest BCUT2D eigenvalue weighted by molar-refractivity contribution is 0.0166. The van der Waals surface area contributed by atoms with Gasteiger partial charge in [-0.05, 0) is 109 Å². The minimum absolute atomic E-state index is 0.185. The molecule has 0 atom stereocenters. The summed E-state index contributed by atoms with van der Waals surface area (Å²) in [5, 5.41) is 13.9. The van der Waals surface area contributed by atoms with Gasteiger partial charge in [0.2, 0.25) is 11.9 Å². The maximum Gasteiger partial charge on any atom is 0.410 e. The SMILES string of the molecule is CC(C)(C)OC(=O)N1CCC(CN2CCC(Nc3ncc(Cl)c(-c4c[nH]c5ccccc45)n3)CC2)CC1.Clc1cnc(NC2CCN(CC3CCNCC3)CC2)nc1-c1c[nH]c2ccccc12. The minimum Gasteiger partial charge on any atom is -0.444 e. The number of piperidine rings is 4. The van der Waals surface area contributed by atoms with E-state index < -0.39 is 5.60 Å². The van der Waals surface area contributed by atoms with E-state index >= 15 is 0 Å². The lowest BCUT2D eigenvalue weighted by atomic mass is 9.95. The Labute approximate surface area is 404 Å². The first-order valence-electron chi connectivity index (χ1n) is 24.4. The van der Waals surface area contributed by atoms with E-state index in [1.807, 2.05) is 68.4 Å². The quantitative estimate of drug-likeness (QED) is 0.0892. The number of halogens is 2. The molecule has 4 saturated heterocycles. The van der Waals surface area contributed by atoms with Crippen LogP contribution in [-0.2, 0) is 4.74 Å². The number of carbonyl (C=O) groups is 1. The smallest absolute Gasteiger partial charge is 0.410 e. The van der Waals surface area contributed by atoms with E-state index in [1.165, 1.54) is 32.5 Å². The fourth-order valence-corrected chi connectivity index (χ4v) is 10.5. The number of H-pyrrole nitrogens is 2. The average molecular weight is 950 g/mol. The number of rotatable bonds is 10. The monoisotopic (exact) mass is 948 g/mol. The van der Waals surface area contributed by atoms with E-state index in [2.05, 4.69) is 63.9 Å². The van der Waals surface area contributed by atoms with Crippen LogP contribution in [0.2, 0.25) is 10.0 Å². The highest BCUT2D eigenvalue weighted by molar-refractivity contribution is 6.33. The number of ether oxygens (including phenoxy) is 1. The van der Waals surface area contributed by atoms with Crippen LogP contribution in [-0.4, -0.2) is 134 Å². The molecule has 10 rings (SSSR count). The van der Waals surface area contributed by atoms with Crippen molar-refractivity contribution in [2.75, 3.05) is 76.1 Å². The number of anilines is 2. The third kappa shape index (κ3) is 12.2. The lowest BCUT2D eigenvalue weighted by Crippen LogP contribution is -2.45. The predicted molar refractivity (Wildman–Crippen MR) is 271 cm³/mol. The van der Waals surface area contributed by atoms with Gasteiger partial charge in [-0.25, -0.2) is 24.7 Å². The van der Waals surface area contributed by atoms with Crippen molar-refractivity contribution in [3.05, 3.63) is 83.4 Å². The van der Waals surface area contributed by atoms with Crippen LogP contribution in [0.4, 0.5) is 16.7 Å². The van der Waals surface area contributed by atoms with Gasteiger partial charge in [-0.2, -0.15) is 0 Å². The van der Waals surface area contributed by atoms with Gasteiger partial charge in [-0.15, -0.1) is 0 Å². The lowest BCUT2D eigenvalue weighted by Gasteiger charge is -2.38. The van der Waals surface area contributed by atoms with Crippen molar-refractivity contribution >= 4 is 63.0 Å². The highest BCUT2D eigenvalue weighted by Gasteiger charge is 2.30. The van der Waals surface area contributed by atoms with E-state index in [4.69, 9.17) is 37.9 Å². The summed E-state index contributed by atoms with van der Waals surface area (Å²) in [6.45, 7) is 16.4. The average Bonchev–Trinajstić information content (AvgIpc) is 3.97. The second kappa shape index (κ2) is 21.5. The summed E-state index contributed by atoms with van der Waals surface area (Å²) < 4.78 is 5.53. The molecule has 4 aliphatic rings. The van der Waals surface area contributed by atoms with Gasteiger partial charge < -0.3 is 45.4 Å². The van der Waals surface area contributed by atoms with E-state index in [0.29, 0.717) is 39.9 Å². The summed E-state index contributed by atoms with van der Waals surface area (Å²) in [5.74, 6) is 2.77. The van der Waals surface area contributed by atoms with Crippen LogP contribution >= 0.6 is 23.2 Å². The standard InChI is InChI=1S/C28H37ClN6O2.C23H29ClN6/c1-28(2,3)37-27(36)35-14-8-19(9-15-35)18-34-12-10-20(11-13-34)32-26-31-17-23(29)25(33-26)22-16-30-24-7-5-4-6-21(22)24;24-20-14-27-23(29-22(20)19-13-26-21-4-2-1-3-18(19)21)28-17-7-11-30(12-8-17)15-16-5-9-25-10-6-16/h4-7,16-17,19-20,30H,8-15,18H2,1-3H3,(H,31,32,33);1-4,13-14,16-17,25-26H,5-12,15H2,(H,27,28,29). The minimum atomic E-state index is -0.443. The van der Waals surface area contributed by atoms with Gasteiger partial charge >= 0.3 is 6.09 Å². The molecule has 0 aliphatic carbocycles. The van der Waals surface area contributed by atoms with Gasteiger partial charge in [0.25, 0.3) is 0 Å². The summed E-state index contributed by atoms with van der Waals surface area (Å²) in [7, 11) is 0. The number of benzene rings is 2. The summed E-state index contributed by atoms with van der Waals surface area (Å²) in [4.78, 5) is 44.5. The second-order valence-electron chi connectivity index (χ2n) is 19.8. The van der Waals surface area contributed by atoms with Gasteiger partial charge in [-0.1, -0.05) is 59.6 Å². The molecule has 0 saturated carbocycles. The Kier molecular flexibility index (Phi) is 15.1. The van der Waals surface area contributed by atoms with Crippen molar-refractivity contribution in [3.8, 4) is 22.5 Å². The first-order valence-corrected chi connectivity index (χ1v) is 25.1. The molecule has 5 N–H and O–H groups in total. The van der Waals surface area contributed by atoms with E-state index in [0.717, 1.165) is 135 Å². The molecular formula is C51H66Cl2N12O2. The van der Waals surface area contributed by atoms with Gasteiger partial charge in [-0.3, -0.25) is 0 Å². The summed E-state index contributed by atoms with van der Waals surface area (Å²) >= 11 is 13.0. The highest BCUT2D eigenvalue weighted by atomic mass is 35.5. The Morgan fingerprint density at radius 3 is 1.57 bits per heavy atom. The molecule has 0 radical (unpaired) electrons.